The molecule has 66 valence electrons. The van der Waals surface area contributed by atoms with Crippen LogP contribution in [0.25, 0.3) is 0 Å². The molecule has 0 aliphatic heterocycles. The molecule has 0 spiro atoms. The van der Waals surface area contributed by atoms with Crippen LogP contribution in [-0.4, -0.2) is 11.2 Å². The van der Waals surface area contributed by atoms with Gasteiger partial charge in [0, 0.05) is 17.0 Å². The van der Waals surface area contributed by atoms with Crippen LogP contribution in [0.4, 0.5) is 0 Å². The lowest BCUT2D eigenvalue weighted by molar-refractivity contribution is 0.393. The number of nitrogens with zero attached hydrogens (tertiary/aromatic N) is 1. The Balaban J connectivity index is 2.36. The maximum Gasteiger partial charge on any atom is 0.137 e. The van der Waals surface area contributed by atoms with Gasteiger partial charge in [0.15, 0.2) is 0 Å². The number of hydrogen-bond donors (Lipinski definition) is 1. The summed E-state index contributed by atoms with van der Waals surface area (Å²) in [4.78, 5) is 0. The lowest BCUT2D eigenvalue weighted by atomic mass is 9.90. The first-order valence-electron chi connectivity index (χ1n) is 4.34. The van der Waals surface area contributed by atoms with Gasteiger partial charge in [0.25, 0.3) is 0 Å². The zero-order valence-corrected chi connectivity index (χ0v) is 7.50. The van der Waals surface area contributed by atoms with Crippen LogP contribution in [0.3, 0.4) is 0 Å². The third-order valence-electron chi connectivity index (χ3n) is 2.95. The molecular weight excluding hydrogens is 152 g/mol. The third-order valence-corrected chi connectivity index (χ3v) is 2.95. The van der Waals surface area contributed by atoms with Gasteiger partial charge >= 0.3 is 0 Å². The van der Waals surface area contributed by atoms with E-state index in [1.807, 2.05) is 13.1 Å². The summed E-state index contributed by atoms with van der Waals surface area (Å²) in [5, 5.41) is 3.78. The molecule has 1 aromatic rings. The Morgan fingerprint density at radius 2 is 2.33 bits per heavy atom. The number of aromatic nitrogens is 1. The fourth-order valence-corrected chi connectivity index (χ4v) is 1.88. The van der Waals surface area contributed by atoms with E-state index in [1.54, 1.807) is 0 Å². The zero-order chi connectivity index (χ0) is 8.77. The Morgan fingerprint density at radius 1 is 1.67 bits per heavy atom. The third kappa shape index (κ3) is 0.894. The molecular formula is C9H14N2O. The first kappa shape index (κ1) is 7.80. The van der Waals surface area contributed by atoms with Crippen LogP contribution in [0.2, 0.25) is 0 Å². The molecule has 0 bridgehead atoms. The predicted octanol–water partition coefficient (Wildman–Crippen LogP) is 1.36. The van der Waals surface area contributed by atoms with Crippen LogP contribution >= 0.6 is 0 Å². The lowest BCUT2D eigenvalue weighted by Gasteiger charge is -2.17. The first-order chi connectivity index (χ1) is 5.67. The molecule has 1 aliphatic rings. The van der Waals surface area contributed by atoms with Crippen molar-refractivity contribution in [2.75, 3.05) is 0 Å². The predicted molar refractivity (Wildman–Crippen MR) is 45.8 cm³/mol. The van der Waals surface area contributed by atoms with E-state index in [2.05, 4.69) is 12.1 Å². The summed E-state index contributed by atoms with van der Waals surface area (Å²) in [6, 6.07) is 0.204. The van der Waals surface area contributed by atoms with Crippen molar-refractivity contribution >= 4 is 0 Å². The highest BCUT2D eigenvalue weighted by atomic mass is 16.5. The van der Waals surface area contributed by atoms with Gasteiger partial charge in [0.1, 0.15) is 5.76 Å². The Hall–Kier alpha value is -0.830. The molecule has 1 fully saturated rings. The largest absolute Gasteiger partial charge is 0.361 e. The Kier molecular flexibility index (Phi) is 1.51. The maximum atomic E-state index is 5.92. The van der Waals surface area contributed by atoms with Crippen LogP contribution in [0, 0.1) is 6.92 Å². The van der Waals surface area contributed by atoms with E-state index in [-0.39, 0.29) is 11.5 Å². The van der Waals surface area contributed by atoms with E-state index in [1.165, 1.54) is 18.4 Å². The summed E-state index contributed by atoms with van der Waals surface area (Å²) < 4.78 is 5.04. The van der Waals surface area contributed by atoms with Crippen LogP contribution in [0.15, 0.2) is 10.7 Å². The van der Waals surface area contributed by atoms with Gasteiger partial charge in [-0.15, -0.1) is 0 Å². The topological polar surface area (TPSA) is 52.0 Å². The number of hydrogen-bond acceptors (Lipinski definition) is 3. The van der Waals surface area contributed by atoms with Crippen molar-refractivity contribution in [3.05, 3.63) is 17.5 Å². The zero-order valence-electron chi connectivity index (χ0n) is 7.50. The Morgan fingerprint density at radius 3 is 2.67 bits per heavy atom. The van der Waals surface area contributed by atoms with Gasteiger partial charge in [-0.25, -0.2) is 0 Å². The van der Waals surface area contributed by atoms with Gasteiger partial charge < -0.3 is 10.3 Å². The Bertz CT molecular complexity index is 286. The van der Waals surface area contributed by atoms with E-state index in [0.29, 0.717) is 0 Å². The van der Waals surface area contributed by atoms with Gasteiger partial charge in [0.05, 0.1) is 6.20 Å². The fraction of sp³-hybridized carbons (Fsp3) is 0.667. The molecule has 1 heterocycles. The van der Waals surface area contributed by atoms with Gasteiger partial charge in [0.2, 0.25) is 0 Å². The van der Waals surface area contributed by atoms with E-state index < -0.39 is 0 Å². The minimum atomic E-state index is 0.185. The molecule has 1 aliphatic carbocycles. The quantitative estimate of drug-likeness (QED) is 0.721. The van der Waals surface area contributed by atoms with Crippen molar-refractivity contribution in [2.45, 2.75) is 38.1 Å². The lowest BCUT2D eigenvalue weighted by Crippen LogP contribution is -2.31. The maximum absolute atomic E-state index is 5.92. The number of aryl methyl sites for hydroxylation is 1. The monoisotopic (exact) mass is 166 g/mol. The Labute approximate surface area is 71.9 Å². The minimum Gasteiger partial charge on any atom is -0.361 e. The molecule has 12 heavy (non-hydrogen) atoms. The molecule has 3 heteroatoms. The number of rotatable bonds is 2. The second-order valence-electron chi connectivity index (χ2n) is 3.74. The first-order valence-corrected chi connectivity index (χ1v) is 4.34. The highest BCUT2D eigenvalue weighted by molar-refractivity contribution is 5.33. The second-order valence-corrected chi connectivity index (χ2v) is 3.74. The van der Waals surface area contributed by atoms with Crippen molar-refractivity contribution in [2.24, 2.45) is 5.73 Å². The van der Waals surface area contributed by atoms with Gasteiger partial charge in [-0.1, -0.05) is 5.16 Å². The molecule has 0 saturated heterocycles. The molecule has 0 aromatic carbocycles. The van der Waals surface area contributed by atoms with Crippen molar-refractivity contribution in [1.82, 2.24) is 5.16 Å². The second kappa shape index (κ2) is 2.33. The molecule has 2 N–H and O–H groups in total. The average molecular weight is 166 g/mol. The minimum absolute atomic E-state index is 0.185. The highest BCUT2D eigenvalue weighted by Gasteiger charge is 2.49. The molecule has 1 unspecified atom stereocenters. The standard InChI is InChI=1S/C9H14N2O/c1-6-8(5-11-12-6)9(3-4-9)7(2)10/h5,7H,3-4,10H2,1-2H3. The smallest absolute Gasteiger partial charge is 0.137 e. The SMILES string of the molecule is Cc1oncc1C1(C(C)N)CC1. The molecule has 3 nitrogen and oxygen atoms in total. The summed E-state index contributed by atoms with van der Waals surface area (Å²) in [5.41, 5.74) is 7.31. The summed E-state index contributed by atoms with van der Waals surface area (Å²) in [6.45, 7) is 4.00. The molecule has 1 aromatic heterocycles. The molecule has 1 atom stereocenters. The summed E-state index contributed by atoms with van der Waals surface area (Å²) >= 11 is 0. The van der Waals surface area contributed by atoms with Crippen LogP contribution < -0.4 is 5.73 Å². The van der Waals surface area contributed by atoms with Gasteiger partial charge in [-0.2, -0.15) is 0 Å². The highest BCUT2D eigenvalue weighted by Crippen LogP contribution is 2.51. The molecule has 0 amide bonds. The van der Waals surface area contributed by atoms with E-state index in [0.717, 1.165) is 5.76 Å². The molecule has 1 saturated carbocycles. The number of nitrogens with two attached hydrogens (primary N) is 1. The van der Waals surface area contributed by atoms with Crippen LogP contribution in [-0.2, 0) is 5.41 Å². The average Bonchev–Trinajstić information content (AvgIpc) is 2.71. The summed E-state index contributed by atoms with van der Waals surface area (Å²) in [6.07, 6.45) is 4.16. The summed E-state index contributed by atoms with van der Waals surface area (Å²) in [5.74, 6) is 0.921. The van der Waals surface area contributed by atoms with Crippen molar-refractivity contribution in [1.29, 1.82) is 0 Å². The van der Waals surface area contributed by atoms with Crippen LogP contribution in [0.1, 0.15) is 31.1 Å². The van der Waals surface area contributed by atoms with Gasteiger partial charge in [-0.05, 0) is 26.7 Å². The van der Waals surface area contributed by atoms with Crippen molar-refractivity contribution in [3.63, 3.8) is 0 Å². The van der Waals surface area contributed by atoms with E-state index in [9.17, 15) is 0 Å². The molecule has 2 rings (SSSR count). The van der Waals surface area contributed by atoms with Crippen molar-refractivity contribution in [3.8, 4) is 0 Å². The molecule has 0 radical (unpaired) electrons. The van der Waals surface area contributed by atoms with E-state index >= 15 is 0 Å². The van der Waals surface area contributed by atoms with Crippen LogP contribution in [0.5, 0.6) is 0 Å². The van der Waals surface area contributed by atoms with Crippen molar-refractivity contribution < 1.29 is 4.52 Å². The van der Waals surface area contributed by atoms with E-state index in [4.69, 9.17) is 10.3 Å². The van der Waals surface area contributed by atoms with Gasteiger partial charge in [-0.3, -0.25) is 0 Å². The summed E-state index contributed by atoms with van der Waals surface area (Å²) in [7, 11) is 0. The normalized spacial score (nSPS) is 22.2. The fourth-order valence-electron chi connectivity index (χ4n) is 1.88.